The van der Waals surface area contributed by atoms with Gasteiger partial charge >= 0.3 is 12.2 Å². The highest BCUT2D eigenvalue weighted by Crippen LogP contribution is 2.27. The number of ether oxygens (including phenoxy) is 4. The summed E-state index contributed by atoms with van der Waals surface area (Å²) in [5.74, 6) is -1.32. The molecule has 2 N–H and O–H groups in total. The number of hydrogen-bond acceptors (Lipinski definition) is 10. The van der Waals surface area contributed by atoms with Crippen molar-refractivity contribution in [3.05, 3.63) is 83.9 Å². The molecule has 4 saturated heterocycles. The number of amides is 6. The molecule has 4 fully saturated rings. The summed E-state index contributed by atoms with van der Waals surface area (Å²) in [4.78, 5) is 82.3. The van der Waals surface area contributed by atoms with Gasteiger partial charge in [0.25, 0.3) is 23.6 Å². The van der Waals surface area contributed by atoms with E-state index in [2.05, 4.69) is 10.6 Å². The van der Waals surface area contributed by atoms with Gasteiger partial charge in [0.05, 0.1) is 50.5 Å². The fraction of sp³-hybridized carbons (Fsp3) is 0.333. The summed E-state index contributed by atoms with van der Waals surface area (Å²) in [7, 11) is 0. The predicted octanol–water partition coefficient (Wildman–Crippen LogP) is 1.92. The summed E-state index contributed by atoms with van der Waals surface area (Å²) < 4.78 is 21.3. The number of cyclic esters (lactones) is 2. The molecule has 52 heavy (non-hydrogen) atoms. The van der Waals surface area contributed by atoms with Crippen LogP contribution in [0.5, 0.6) is 0 Å². The van der Waals surface area contributed by atoms with Gasteiger partial charge in [-0.15, -0.1) is 0 Å². The van der Waals surface area contributed by atoms with Crippen molar-refractivity contribution in [3.63, 3.8) is 0 Å². The molecule has 4 aliphatic heterocycles. The van der Waals surface area contributed by atoms with Gasteiger partial charge in [-0.25, -0.2) is 9.59 Å². The van der Waals surface area contributed by atoms with Gasteiger partial charge < -0.3 is 39.4 Å². The van der Waals surface area contributed by atoms with Crippen LogP contribution in [0.1, 0.15) is 20.7 Å². The third-order valence-electron chi connectivity index (χ3n) is 9.06. The van der Waals surface area contributed by atoms with Crippen molar-refractivity contribution < 1.29 is 47.7 Å². The van der Waals surface area contributed by atoms with Crippen molar-refractivity contribution >= 4 is 58.6 Å². The fourth-order valence-electron chi connectivity index (χ4n) is 6.37. The molecule has 6 amide bonds. The van der Waals surface area contributed by atoms with E-state index in [1.54, 1.807) is 70.5 Å². The molecule has 3 aromatic rings. The number of benzene rings is 3. The zero-order valence-corrected chi connectivity index (χ0v) is 28.0. The minimum atomic E-state index is -0.643. The van der Waals surface area contributed by atoms with E-state index in [0.29, 0.717) is 49.1 Å². The lowest BCUT2D eigenvalue weighted by Crippen LogP contribution is -2.41. The topological polar surface area (TPSA) is 176 Å². The van der Waals surface area contributed by atoms with Crippen LogP contribution in [0.15, 0.2) is 72.8 Å². The van der Waals surface area contributed by atoms with Gasteiger partial charge in [-0.3, -0.25) is 29.0 Å². The maximum atomic E-state index is 13.2. The number of nitrogens with one attached hydrogen (secondary N) is 2. The number of carbonyl (C=O) groups is 6. The summed E-state index contributed by atoms with van der Waals surface area (Å²) >= 11 is 0. The Morgan fingerprint density at radius 3 is 1.29 bits per heavy atom. The van der Waals surface area contributed by atoms with E-state index in [0.717, 1.165) is 0 Å². The van der Waals surface area contributed by atoms with Gasteiger partial charge in [-0.2, -0.15) is 0 Å². The van der Waals surface area contributed by atoms with Gasteiger partial charge in [0.1, 0.15) is 25.4 Å². The Hall–Kier alpha value is -6.00. The average molecular weight is 713 g/mol. The molecule has 0 unspecified atom stereocenters. The Morgan fingerprint density at radius 1 is 0.558 bits per heavy atom. The van der Waals surface area contributed by atoms with Crippen LogP contribution in [0.2, 0.25) is 0 Å². The quantitative estimate of drug-likeness (QED) is 0.316. The highest BCUT2D eigenvalue weighted by molar-refractivity contribution is 6.07. The molecular weight excluding hydrogens is 676 g/mol. The molecule has 3 aromatic carbocycles. The Balaban J connectivity index is 0.900. The summed E-state index contributed by atoms with van der Waals surface area (Å²) in [5, 5.41) is 5.51. The molecule has 7 rings (SSSR count). The van der Waals surface area contributed by atoms with E-state index in [9.17, 15) is 28.8 Å². The summed E-state index contributed by atoms with van der Waals surface area (Å²) in [5.41, 5.74) is 2.82. The van der Waals surface area contributed by atoms with Crippen LogP contribution < -0.4 is 30.2 Å². The first-order valence-corrected chi connectivity index (χ1v) is 16.8. The zero-order chi connectivity index (χ0) is 36.2. The van der Waals surface area contributed by atoms with E-state index < -0.39 is 36.2 Å². The number of morpholine rings is 2. The molecule has 0 spiro atoms. The van der Waals surface area contributed by atoms with Crippen LogP contribution in [-0.4, -0.2) is 114 Å². The summed E-state index contributed by atoms with van der Waals surface area (Å²) in [6.07, 6.45) is -2.42. The second kappa shape index (κ2) is 15.1. The maximum absolute atomic E-state index is 13.2. The Kier molecular flexibility index (Phi) is 9.99. The van der Waals surface area contributed by atoms with E-state index in [4.69, 9.17) is 18.9 Å². The molecular formula is C36H36N6O10. The minimum absolute atomic E-state index is 0.00891. The van der Waals surface area contributed by atoms with Gasteiger partial charge in [0.2, 0.25) is 0 Å². The van der Waals surface area contributed by atoms with Crippen LogP contribution >= 0.6 is 0 Å². The number of carbonyl (C=O) groups excluding carboxylic acids is 6. The maximum Gasteiger partial charge on any atom is 0.414 e. The molecule has 0 radical (unpaired) electrons. The molecule has 16 heteroatoms. The monoisotopic (exact) mass is 712 g/mol. The van der Waals surface area contributed by atoms with Gasteiger partial charge in [0.15, 0.2) is 0 Å². The largest absolute Gasteiger partial charge is 0.442 e. The van der Waals surface area contributed by atoms with Crippen molar-refractivity contribution in [3.8, 4) is 0 Å². The van der Waals surface area contributed by atoms with E-state index >= 15 is 0 Å². The first-order valence-electron chi connectivity index (χ1n) is 16.8. The summed E-state index contributed by atoms with van der Waals surface area (Å²) in [6.45, 7) is 2.24. The zero-order valence-electron chi connectivity index (χ0n) is 28.0. The molecule has 16 nitrogen and oxygen atoms in total. The normalized spacial score (nSPS) is 20.5. The van der Waals surface area contributed by atoms with Crippen LogP contribution in [0.3, 0.4) is 0 Å². The van der Waals surface area contributed by atoms with Gasteiger partial charge in [-0.1, -0.05) is 12.1 Å². The number of hydrogen-bond donors (Lipinski definition) is 2. The first-order chi connectivity index (χ1) is 25.2. The van der Waals surface area contributed by atoms with Crippen LogP contribution in [0.25, 0.3) is 0 Å². The third-order valence-corrected chi connectivity index (χ3v) is 9.06. The molecule has 0 aliphatic carbocycles. The van der Waals surface area contributed by atoms with Crippen LogP contribution in [0, 0.1) is 0 Å². The van der Waals surface area contributed by atoms with E-state index in [-0.39, 0.29) is 62.3 Å². The number of anilines is 4. The summed E-state index contributed by atoms with van der Waals surface area (Å²) in [6, 6.07) is 20.2. The molecule has 0 aromatic heterocycles. The predicted molar refractivity (Wildman–Crippen MR) is 186 cm³/mol. The van der Waals surface area contributed by atoms with Crippen molar-refractivity contribution in [2.24, 2.45) is 0 Å². The smallest absolute Gasteiger partial charge is 0.414 e. The van der Waals surface area contributed by atoms with Gasteiger partial charge in [0, 0.05) is 35.8 Å². The molecule has 0 saturated carbocycles. The molecule has 4 aliphatic rings. The fourth-order valence-corrected chi connectivity index (χ4v) is 6.37. The van der Waals surface area contributed by atoms with Crippen LogP contribution in [-0.2, 0) is 28.5 Å². The van der Waals surface area contributed by atoms with Crippen molar-refractivity contribution in [2.75, 3.05) is 85.3 Å². The highest BCUT2D eigenvalue weighted by atomic mass is 16.6. The molecule has 2 atom stereocenters. The third kappa shape index (κ3) is 7.38. The highest BCUT2D eigenvalue weighted by Gasteiger charge is 2.35. The molecule has 0 bridgehead atoms. The Labute approximate surface area is 298 Å². The molecule has 270 valence electrons. The van der Waals surface area contributed by atoms with Crippen molar-refractivity contribution in [1.29, 1.82) is 0 Å². The van der Waals surface area contributed by atoms with Crippen LogP contribution in [0.4, 0.5) is 32.3 Å². The SMILES string of the molecule is O=C(NC[C@@H]1CN(c2ccc(N3CCOCC3=O)cc2)C(=O)O1)c1ccccc1C(=O)NC[C@@H]1CN(c2ccc(N3CCOCC3=O)cc2)C(=O)O1. The lowest BCUT2D eigenvalue weighted by Gasteiger charge is -2.27. The minimum Gasteiger partial charge on any atom is -0.442 e. The molecule has 4 heterocycles. The Bertz CT molecular complexity index is 1740. The number of nitrogens with zero attached hydrogens (tertiary/aromatic N) is 4. The standard InChI is InChI=1S/C36H36N6O10/c43-31-21-49-15-13-39(31)23-5-9-25(10-6-23)41-19-27(51-35(41)47)17-37-33(45)29-3-1-2-4-30(29)34(46)38-18-28-20-42(36(48)52-28)26-11-7-24(8-12-26)40-14-16-50-22-32(40)44/h1-12,27-28H,13-22H2,(H,37,45)(H,38,46)/t27-,28-/m1/s1. The average Bonchev–Trinajstić information content (AvgIpc) is 3.74. The Morgan fingerprint density at radius 2 is 0.923 bits per heavy atom. The number of rotatable bonds is 10. The lowest BCUT2D eigenvalue weighted by atomic mass is 10.1. The lowest BCUT2D eigenvalue weighted by molar-refractivity contribution is -0.126. The first kappa shape index (κ1) is 34.4. The van der Waals surface area contributed by atoms with Crippen molar-refractivity contribution in [1.82, 2.24) is 10.6 Å². The van der Waals surface area contributed by atoms with E-state index in [1.165, 1.54) is 21.9 Å². The van der Waals surface area contributed by atoms with E-state index in [1.807, 2.05) is 0 Å². The van der Waals surface area contributed by atoms with Crippen molar-refractivity contribution in [2.45, 2.75) is 12.2 Å². The second-order valence-corrected chi connectivity index (χ2v) is 12.4. The van der Waals surface area contributed by atoms with Gasteiger partial charge in [-0.05, 0) is 60.7 Å². The second-order valence-electron chi connectivity index (χ2n) is 12.4.